The molecule has 1 aliphatic rings. The average molecular weight is 221 g/mol. The van der Waals surface area contributed by atoms with Crippen molar-refractivity contribution in [1.29, 1.82) is 0 Å². The lowest BCUT2D eigenvalue weighted by molar-refractivity contribution is -0.119. The molecule has 86 valence electrons. The van der Waals surface area contributed by atoms with Crippen molar-refractivity contribution < 1.29 is 14.3 Å². The van der Waals surface area contributed by atoms with Gasteiger partial charge in [-0.1, -0.05) is 25.5 Å². The highest BCUT2D eigenvalue weighted by Crippen LogP contribution is 2.40. The Morgan fingerprint density at radius 2 is 2.31 bits per heavy atom. The Kier molecular flexibility index (Phi) is 2.99. The SMILES string of the molecule is CCCC(C(N)=O)c1cccc2c1OCO2. The third-order valence-corrected chi connectivity index (χ3v) is 2.72. The summed E-state index contributed by atoms with van der Waals surface area (Å²) in [7, 11) is 0. The number of ether oxygens (including phenoxy) is 2. The largest absolute Gasteiger partial charge is 0.454 e. The number of nitrogens with two attached hydrogens (primary N) is 1. The molecule has 4 heteroatoms. The van der Waals surface area contributed by atoms with Crippen LogP contribution in [0.4, 0.5) is 0 Å². The highest BCUT2D eigenvalue weighted by atomic mass is 16.7. The molecule has 1 heterocycles. The van der Waals surface area contributed by atoms with E-state index in [1.54, 1.807) is 0 Å². The Morgan fingerprint density at radius 3 is 3.00 bits per heavy atom. The summed E-state index contributed by atoms with van der Waals surface area (Å²) in [6, 6.07) is 5.56. The van der Waals surface area contributed by atoms with E-state index < -0.39 is 0 Å². The zero-order valence-corrected chi connectivity index (χ0v) is 9.23. The number of para-hydroxylation sites is 1. The van der Waals surface area contributed by atoms with Gasteiger partial charge in [-0.2, -0.15) is 0 Å². The minimum atomic E-state index is -0.314. The molecular weight excluding hydrogens is 206 g/mol. The molecule has 0 saturated carbocycles. The minimum Gasteiger partial charge on any atom is -0.454 e. The molecular formula is C12H15NO3. The number of hydrogen-bond acceptors (Lipinski definition) is 3. The maximum Gasteiger partial charge on any atom is 0.231 e. The molecule has 1 unspecified atom stereocenters. The first kappa shape index (κ1) is 10.8. The second-order valence-electron chi connectivity index (χ2n) is 3.82. The molecule has 1 amide bonds. The normalized spacial score (nSPS) is 14.8. The molecule has 0 spiro atoms. The number of hydrogen-bond donors (Lipinski definition) is 1. The highest BCUT2D eigenvalue weighted by Gasteiger charge is 2.25. The molecule has 4 nitrogen and oxygen atoms in total. The van der Waals surface area contributed by atoms with Gasteiger partial charge in [-0.15, -0.1) is 0 Å². The molecule has 1 aromatic rings. The van der Waals surface area contributed by atoms with Gasteiger partial charge in [-0.3, -0.25) is 4.79 Å². The van der Waals surface area contributed by atoms with E-state index >= 15 is 0 Å². The summed E-state index contributed by atoms with van der Waals surface area (Å²) in [4.78, 5) is 11.4. The van der Waals surface area contributed by atoms with Crippen LogP contribution in [0.25, 0.3) is 0 Å². The van der Waals surface area contributed by atoms with E-state index in [4.69, 9.17) is 15.2 Å². The smallest absolute Gasteiger partial charge is 0.231 e. The Balaban J connectivity index is 2.38. The molecule has 0 aliphatic carbocycles. The van der Waals surface area contributed by atoms with Gasteiger partial charge in [0.1, 0.15) is 0 Å². The van der Waals surface area contributed by atoms with Crippen LogP contribution in [-0.4, -0.2) is 12.7 Å². The van der Waals surface area contributed by atoms with E-state index in [0.717, 1.165) is 18.4 Å². The fourth-order valence-electron chi connectivity index (χ4n) is 1.97. The number of amides is 1. The summed E-state index contributed by atoms with van der Waals surface area (Å²) >= 11 is 0. The Bertz CT molecular complexity index is 403. The van der Waals surface area contributed by atoms with Crippen molar-refractivity contribution in [3.05, 3.63) is 23.8 Å². The molecule has 2 rings (SSSR count). The molecule has 1 aliphatic heterocycles. The van der Waals surface area contributed by atoms with Crippen molar-refractivity contribution in [2.24, 2.45) is 5.73 Å². The zero-order valence-electron chi connectivity index (χ0n) is 9.23. The molecule has 2 N–H and O–H groups in total. The van der Waals surface area contributed by atoms with E-state index in [0.29, 0.717) is 11.5 Å². The number of benzene rings is 1. The number of carbonyl (C=O) groups excluding carboxylic acids is 1. The van der Waals surface area contributed by atoms with Crippen molar-refractivity contribution in [3.63, 3.8) is 0 Å². The Labute approximate surface area is 94.3 Å². The fraction of sp³-hybridized carbons (Fsp3) is 0.417. The van der Waals surface area contributed by atoms with Gasteiger partial charge < -0.3 is 15.2 Å². The lowest BCUT2D eigenvalue weighted by atomic mass is 9.93. The summed E-state index contributed by atoms with van der Waals surface area (Å²) in [5.41, 5.74) is 6.25. The van der Waals surface area contributed by atoms with Gasteiger partial charge >= 0.3 is 0 Å². The van der Waals surface area contributed by atoms with Crippen LogP contribution in [0.3, 0.4) is 0 Å². The first-order valence-corrected chi connectivity index (χ1v) is 5.42. The predicted octanol–water partition coefficient (Wildman–Crippen LogP) is 1.78. The van der Waals surface area contributed by atoms with Crippen LogP contribution < -0.4 is 15.2 Å². The maximum atomic E-state index is 11.4. The van der Waals surface area contributed by atoms with Gasteiger partial charge in [0.2, 0.25) is 12.7 Å². The van der Waals surface area contributed by atoms with Crippen molar-refractivity contribution in [2.75, 3.05) is 6.79 Å². The Morgan fingerprint density at radius 1 is 1.50 bits per heavy atom. The van der Waals surface area contributed by atoms with E-state index in [2.05, 4.69) is 0 Å². The van der Waals surface area contributed by atoms with Crippen LogP contribution in [-0.2, 0) is 4.79 Å². The number of carbonyl (C=O) groups is 1. The first-order chi connectivity index (χ1) is 7.74. The van der Waals surface area contributed by atoms with E-state index in [9.17, 15) is 4.79 Å². The number of rotatable bonds is 4. The van der Waals surface area contributed by atoms with Gasteiger partial charge in [0.25, 0.3) is 0 Å². The van der Waals surface area contributed by atoms with Gasteiger partial charge in [0.05, 0.1) is 5.92 Å². The summed E-state index contributed by atoms with van der Waals surface area (Å²) in [6.45, 7) is 2.24. The molecule has 0 radical (unpaired) electrons. The molecule has 0 aromatic heterocycles. The van der Waals surface area contributed by atoms with Crippen molar-refractivity contribution in [1.82, 2.24) is 0 Å². The summed E-state index contributed by atoms with van der Waals surface area (Å²) < 4.78 is 10.6. The summed E-state index contributed by atoms with van der Waals surface area (Å²) in [6.07, 6.45) is 1.63. The van der Waals surface area contributed by atoms with Crippen LogP contribution in [0, 0.1) is 0 Å². The minimum absolute atomic E-state index is 0.212. The van der Waals surface area contributed by atoms with Crippen molar-refractivity contribution in [3.8, 4) is 11.5 Å². The number of fused-ring (bicyclic) bond motifs is 1. The van der Waals surface area contributed by atoms with Gasteiger partial charge in [-0.25, -0.2) is 0 Å². The lowest BCUT2D eigenvalue weighted by Crippen LogP contribution is -2.21. The van der Waals surface area contributed by atoms with E-state index in [1.807, 2.05) is 25.1 Å². The second-order valence-corrected chi connectivity index (χ2v) is 3.82. The standard InChI is InChI=1S/C12H15NO3/c1-2-4-9(12(13)14)8-5-3-6-10-11(8)16-7-15-10/h3,5-6,9H,2,4,7H2,1H3,(H2,13,14). The van der Waals surface area contributed by atoms with Gasteiger partial charge in [0.15, 0.2) is 11.5 Å². The zero-order chi connectivity index (χ0) is 11.5. The molecule has 1 atom stereocenters. The number of primary amides is 1. The molecule has 0 saturated heterocycles. The lowest BCUT2D eigenvalue weighted by Gasteiger charge is -2.14. The molecule has 0 fully saturated rings. The molecule has 0 bridgehead atoms. The van der Waals surface area contributed by atoms with E-state index in [-0.39, 0.29) is 18.6 Å². The summed E-state index contributed by atoms with van der Waals surface area (Å²) in [5.74, 6) is 0.756. The van der Waals surface area contributed by atoms with Crippen LogP contribution in [0.15, 0.2) is 18.2 Å². The predicted molar refractivity (Wildman–Crippen MR) is 59.4 cm³/mol. The topological polar surface area (TPSA) is 61.6 Å². The van der Waals surface area contributed by atoms with E-state index in [1.165, 1.54) is 0 Å². The first-order valence-electron chi connectivity index (χ1n) is 5.42. The summed E-state index contributed by atoms with van der Waals surface area (Å²) in [5, 5.41) is 0. The van der Waals surface area contributed by atoms with Crippen molar-refractivity contribution >= 4 is 5.91 Å². The van der Waals surface area contributed by atoms with Crippen LogP contribution in [0.5, 0.6) is 11.5 Å². The van der Waals surface area contributed by atoms with Crippen LogP contribution in [0.2, 0.25) is 0 Å². The highest BCUT2D eigenvalue weighted by molar-refractivity contribution is 5.83. The maximum absolute atomic E-state index is 11.4. The van der Waals surface area contributed by atoms with Crippen LogP contribution >= 0.6 is 0 Å². The van der Waals surface area contributed by atoms with Crippen molar-refractivity contribution in [2.45, 2.75) is 25.7 Å². The van der Waals surface area contributed by atoms with Gasteiger partial charge in [0, 0.05) is 5.56 Å². The van der Waals surface area contributed by atoms with Gasteiger partial charge in [-0.05, 0) is 12.5 Å². The average Bonchev–Trinajstić information content (AvgIpc) is 2.73. The Hall–Kier alpha value is -1.71. The fourth-order valence-corrected chi connectivity index (χ4v) is 1.97. The second kappa shape index (κ2) is 4.43. The quantitative estimate of drug-likeness (QED) is 0.843. The van der Waals surface area contributed by atoms with Crippen LogP contribution in [0.1, 0.15) is 31.2 Å². The third-order valence-electron chi connectivity index (χ3n) is 2.72. The molecule has 1 aromatic carbocycles. The molecule has 16 heavy (non-hydrogen) atoms. The third kappa shape index (κ3) is 1.83. The monoisotopic (exact) mass is 221 g/mol.